The van der Waals surface area contributed by atoms with Crippen molar-refractivity contribution in [2.24, 2.45) is 0 Å². The number of carbonyl (C=O) groups excluding carboxylic acids is 1. The number of nitrogens with zero attached hydrogens (tertiary/aromatic N) is 7. The van der Waals surface area contributed by atoms with Crippen LogP contribution in [0.1, 0.15) is 87.8 Å². The van der Waals surface area contributed by atoms with Crippen LogP contribution in [0, 0.1) is 0 Å². The molecule has 1 aromatic carbocycles. The van der Waals surface area contributed by atoms with Gasteiger partial charge in [-0.1, -0.05) is 59.2 Å². The Balaban J connectivity index is 1.49. The second kappa shape index (κ2) is 15.8. The Morgan fingerprint density at radius 1 is 0.967 bits per heavy atom. The summed E-state index contributed by atoms with van der Waals surface area (Å²) in [4.78, 5) is 50.2. The van der Waals surface area contributed by atoms with Crippen molar-refractivity contribution < 1.29 is 22.7 Å². The molecule has 0 radical (unpaired) electrons. The maximum Gasteiger partial charge on any atom is 0.416 e. The number of alkyl halides is 3. The van der Waals surface area contributed by atoms with Crippen molar-refractivity contribution in [2.75, 3.05) is 23.7 Å². The number of benzene rings is 1. The summed E-state index contributed by atoms with van der Waals surface area (Å²) in [5.41, 5.74) is -0.927. The van der Waals surface area contributed by atoms with Crippen molar-refractivity contribution in [1.82, 2.24) is 28.6 Å². The second-order valence-corrected chi connectivity index (χ2v) is 28.4. The lowest BCUT2D eigenvalue weighted by Crippen LogP contribution is -2.59. The minimum atomic E-state index is -4.74. The number of piperazine rings is 1. The van der Waals surface area contributed by atoms with E-state index in [1.54, 1.807) is 61.4 Å². The molecule has 1 fully saturated rings. The van der Waals surface area contributed by atoms with Crippen molar-refractivity contribution in [3.63, 3.8) is 0 Å². The van der Waals surface area contributed by atoms with Crippen LogP contribution < -0.4 is 20.8 Å². The number of aromatic nitrogens is 5. The van der Waals surface area contributed by atoms with Gasteiger partial charge in [0, 0.05) is 44.0 Å². The number of pyridine rings is 1. The van der Waals surface area contributed by atoms with Gasteiger partial charge in [0.1, 0.15) is 19.5 Å². The number of hydrogen-bond donors (Lipinski definition) is 1. The number of thiophene rings is 1. The summed E-state index contributed by atoms with van der Waals surface area (Å²) in [6.07, 6.45) is -3.61. The third kappa shape index (κ3) is 7.59. The van der Waals surface area contributed by atoms with E-state index in [1.807, 2.05) is 24.8 Å². The Bertz CT molecular complexity index is 2550. The van der Waals surface area contributed by atoms with E-state index in [2.05, 4.69) is 46.5 Å². The molecule has 4 atom stereocenters. The lowest BCUT2D eigenvalue weighted by atomic mass is 10.1. The summed E-state index contributed by atoms with van der Waals surface area (Å²) in [6.45, 7) is 22.9. The summed E-state index contributed by atoms with van der Waals surface area (Å²) in [7, 11) is -4.02. The van der Waals surface area contributed by atoms with Crippen molar-refractivity contribution in [1.29, 1.82) is 0 Å². The van der Waals surface area contributed by atoms with Gasteiger partial charge in [-0.3, -0.25) is 13.9 Å². The van der Waals surface area contributed by atoms with Crippen LogP contribution >= 0.6 is 33.8 Å². The molecule has 0 saturated carbocycles. The number of rotatable bonds is 7. The first-order valence-corrected chi connectivity index (χ1v) is 25.5. The zero-order valence-corrected chi connectivity index (χ0v) is 39.4. The Morgan fingerprint density at radius 3 is 2.17 bits per heavy atom. The molecule has 326 valence electrons. The summed E-state index contributed by atoms with van der Waals surface area (Å²) < 4.78 is 57.5. The predicted octanol–water partition coefficient (Wildman–Crippen LogP) is 9.33. The maximum atomic E-state index is 15.2. The molecule has 0 spiro atoms. The van der Waals surface area contributed by atoms with Gasteiger partial charge in [-0.15, -0.1) is 16.4 Å². The first-order chi connectivity index (χ1) is 27.9. The van der Waals surface area contributed by atoms with Gasteiger partial charge in [-0.25, -0.2) is 19.1 Å². The SMILES string of the molecule is CC(C)[Si](c1sc([SH]2C[C@@H](n3nc4ccccn4c3=O)Cn3c(=O)nc(N4C[C@@H](C)N(C(=O)OC(C)(C)C)[C@@H](C)C4)c4cc(C(F)(F)F)cc2c43)cc1Cl)(C(C)C)C(C)C. The fraction of sp³-hybridized carbons (Fsp3) is 0.548. The van der Waals surface area contributed by atoms with Crippen LogP contribution in [0.4, 0.5) is 23.8 Å². The highest BCUT2D eigenvalue weighted by atomic mass is 35.5. The first-order valence-electron chi connectivity index (χ1n) is 20.5. The van der Waals surface area contributed by atoms with Crippen LogP contribution in [-0.4, -0.2) is 79.3 Å². The summed E-state index contributed by atoms with van der Waals surface area (Å²) in [5.74, 6) is 0.347. The summed E-state index contributed by atoms with van der Waals surface area (Å²) in [5, 5.41) is 5.49. The van der Waals surface area contributed by atoms with E-state index in [4.69, 9.17) is 21.4 Å². The molecule has 4 aromatic heterocycles. The van der Waals surface area contributed by atoms with E-state index in [1.165, 1.54) is 19.7 Å². The molecule has 0 bridgehead atoms. The second-order valence-electron chi connectivity index (χ2n) is 18.3. The molecule has 7 rings (SSSR count). The van der Waals surface area contributed by atoms with Gasteiger partial charge in [-0.2, -0.15) is 29.1 Å². The maximum absolute atomic E-state index is 15.2. The molecular weight excluding hydrogens is 851 g/mol. The quantitative estimate of drug-likeness (QED) is 0.128. The minimum absolute atomic E-state index is 0.0442. The summed E-state index contributed by atoms with van der Waals surface area (Å²) >= 11 is 8.90. The smallest absolute Gasteiger partial charge is 0.416 e. The number of amides is 1. The molecule has 1 unspecified atom stereocenters. The van der Waals surface area contributed by atoms with E-state index >= 15 is 13.2 Å². The fourth-order valence-electron chi connectivity index (χ4n) is 10.0. The zero-order chi connectivity index (χ0) is 44.0. The summed E-state index contributed by atoms with van der Waals surface area (Å²) in [6, 6.07) is 7.87. The van der Waals surface area contributed by atoms with E-state index in [0.717, 1.165) is 14.8 Å². The molecule has 0 N–H and O–H groups in total. The number of anilines is 1. The number of fused-ring (bicyclic) bond motifs is 1. The van der Waals surface area contributed by atoms with Crippen LogP contribution in [0.5, 0.6) is 0 Å². The molecule has 2 aliphatic rings. The lowest BCUT2D eigenvalue weighted by Gasteiger charge is -2.45. The first kappa shape index (κ1) is 44.3. The molecule has 2 aliphatic heterocycles. The van der Waals surface area contributed by atoms with Gasteiger partial charge >= 0.3 is 23.6 Å². The number of thiol groups is 1. The highest BCUT2D eigenvalue weighted by Gasteiger charge is 2.48. The number of carbonyl (C=O) groups is 1. The Morgan fingerprint density at radius 2 is 1.60 bits per heavy atom. The van der Waals surface area contributed by atoms with Crippen molar-refractivity contribution in [3.05, 3.63) is 74.1 Å². The fourth-order valence-corrected chi connectivity index (χ4v) is 24.5. The van der Waals surface area contributed by atoms with Crippen molar-refractivity contribution >= 4 is 74.9 Å². The third-order valence-corrected chi connectivity index (χ3v) is 25.0. The third-order valence-electron chi connectivity index (χ3n) is 12.3. The van der Waals surface area contributed by atoms with E-state index in [9.17, 15) is 14.4 Å². The standard InChI is InChI=1S/C42H55ClF3N7O4S2Si/c1-23(2)60(24(3)4,25(5)6)37-31(43)18-34(58-37)59-22-29(53-39(55)50-15-13-12-14-33(50)48-53)21-51-35-30(16-28(17-32(35)59)42(44,45)46)36(47-38(51)54)49-19-26(7)52(27(8)20-49)40(56)57-41(9,10)11/h12-18,23-27,29,59H,19-22H2,1-11H3/t26-,27+,29-/m0/s1. The molecular formula is C42H55ClF3N7O4S2Si. The molecule has 6 heterocycles. The van der Waals surface area contributed by atoms with Gasteiger partial charge in [0.05, 0.1) is 40.8 Å². The molecule has 1 saturated heterocycles. The number of halogens is 4. The molecule has 0 aliphatic carbocycles. The predicted molar refractivity (Wildman–Crippen MR) is 239 cm³/mol. The zero-order valence-electron chi connectivity index (χ0n) is 36.0. The largest absolute Gasteiger partial charge is 0.444 e. The van der Waals surface area contributed by atoms with Gasteiger partial charge in [-0.05, 0) is 81.6 Å². The average Bonchev–Trinajstić information content (AvgIpc) is 3.61. The highest BCUT2D eigenvalue weighted by Crippen LogP contribution is 2.56. The highest BCUT2D eigenvalue weighted by molar-refractivity contribution is 8.18. The van der Waals surface area contributed by atoms with Crippen LogP contribution in [0.3, 0.4) is 0 Å². The normalized spacial score (nSPS) is 21.2. The Labute approximate surface area is 360 Å². The van der Waals surface area contributed by atoms with Crippen molar-refractivity contribution in [3.8, 4) is 0 Å². The average molecular weight is 907 g/mol. The number of ether oxygens (including phenoxy) is 1. The van der Waals surface area contributed by atoms with Gasteiger partial charge in [0.2, 0.25) is 0 Å². The monoisotopic (exact) mass is 905 g/mol. The molecule has 5 aromatic rings. The Hall–Kier alpha value is -3.80. The van der Waals surface area contributed by atoms with Crippen LogP contribution in [0.2, 0.25) is 21.6 Å². The van der Waals surface area contributed by atoms with Crippen molar-refractivity contribution in [2.45, 2.75) is 138 Å². The molecule has 60 heavy (non-hydrogen) atoms. The van der Waals surface area contributed by atoms with Gasteiger partial charge in [0.25, 0.3) is 0 Å². The number of hydrogen-bond acceptors (Lipinski definition) is 8. The van der Waals surface area contributed by atoms with Gasteiger partial charge < -0.3 is 9.64 Å². The Kier molecular flexibility index (Phi) is 11.7. The van der Waals surface area contributed by atoms with E-state index < -0.39 is 71.9 Å². The van der Waals surface area contributed by atoms with E-state index in [0.29, 0.717) is 37.7 Å². The van der Waals surface area contributed by atoms with Crippen LogP contribution in [0.25, 0.3) is 16.6 Å². The topological polar surface area (TPSA) is 107 Å². The molecule has 1 amide bonds. The van der Waals surface area contributed by atoms with Crippen LogP contribution in [0.15, 0.2) is 61.3 Å². The van der Waals surface area contributed by atoms with Gasteiger partial charge in [0.15, 0.2) is 5.65 Å². The minimum Gasteiger partial charge on any atom is -0.444 e. The van der Waals surface area contributed by atoms with Crippen LogP contribution in [-0.2, 0) is 17.5 Å². The lowest BCUT2D eigenvalue weighted by molar-refractivity contribution is -0.137. The molecule has 11 nitrogen and oxygen atoms in total. The van der Waals surface area contributed by atoms with E-state index in [-0.39, 0.29) is 36.6 Å². The molecule has 18 heteroatoms.